The summed E-state index contributed by atoms with van der Waals surface area (Å²) in [6.45, 7) is 10.2. The van der Waals surface area contributed by atoms with Gasteiger partial charge in [0.2, 0.25) is 0 Å². The quantitative estimate of drug-likeness (QED) is 0.695. The molecule has 0 unspecified atom stereocenters. The Morgan fingerprint density at radius 1 is 1.07 bits per heavy atom. The van der Waals surface area contributed by atoms with Crippen molar-refractivity contribution in [3.63, 3.8) is 0 Å². The first-order valence-corrected chi connectivity index (χ1v) is 5.97. The van der Waals surface area contributed by atoms with Crippen molar-refractivity contribution < 1.29 is 0 Å². The Morgan fingerprint density at radius 2 is 1.60 bits per heavy atom. The van der Waals surface area contributed by atoms with Crippen LogP contribution < -0.4 is 0 Å². The molecule has 0 radical (unpaired) electrons. The van der Waals surface area contributed by atoms with E-state index in [4.69, 9.17) is 5.41 Å². The Kier molecular flexibility index (Phi) is 14.0. The molecule has 0 aromatic heterocycles. The minimum absolute atomic E-state index is 1.05. The van der Waals surface area contributed by atoms with E-state index in [-0.39, 0.29) is 0 Å². The molecule has 0 amide bonds. The van der Waals surface area contributed by atoms with E-state index < -0.39 is 0 Å². The van der Waals surface area contributed by atoms with Gasteiger partial charge in [0.1, 0.15) is 0 Å². The van der Waals surface area contributed by atoms with Crippen molar-refractivity contribution in [2.24, 2.45) is 0 Å². The summed E-state index contributed by atoms with van der Waals surface area (Å²) >= 11 is 0. The number of aryl methyl sites for hydroxylation is 1. The molecule has 86 valence electrons. The minimum atomic E-state index is 1.05. The Labute approximate surface area is 95.0 Å². The van der Waals surface area contributed by atoms with Crippen LogP contribution in [-0.2, 0) is 6.42 Å². The first-order chi connectivity index (χ1) is 7.38. The molecule has 15 heavy (non-hydrogen) atoms. The van der Waals surface area contributed by atoms with E-state index in [1.54, 1.807) is 0 Å². The lowest BCUT2D eigenvalue weighted by atomic mass is 10.0. The molecule has 0 aliphatic heterocycles. The topological polar surface area (TPSA) is 23.9 Å². The van der Waals surface area contributed by atoms with E-state index in [1.807, 2.05) is 45.9 Å². The molecule has 0 heterocycles. The van der Waals surface area contributed by atoms with Gasteiger partial charge in [-0.1, -0.05) is 65.3 Å². The molecule has 0 fully saturated rings. The fraction of sp³-hybridized carbons (Fsp3) is 0.500. The summed E-state index contributed by atoms with van der Waals surface area (Å²) in [4.78, 5) is 0. The summed E-state index contributed by atoms with van der Waals surface area (Å²) in [6, 6.07) is 8.07. The second kappa shape index (κ2) is 12.9. The maximum absolute atomic E-state index is 7.14. The third-order valence-electron chi connectivity index (χ3n) is 1.73. The zero-order valence-electron chi connectivity index (χ0n) is 10.8. The first kappa shape index (κ1) is 16.3. The van der Waals surface area contributed by atoms with Crippen LogP contribution in [-0.4, -0.2) is 6.21 Å². The summed E-state index contributed by atoms with van der Waals surface area (Å²) in [5.41, 5.74) is 2.33. The zero-order chi connectivity index (χ0) is 12.1. The average Bonchev–Trinajstić information content (AvgIpc) is 2.35. The smallest absolute Gasteiger partial charge is 0.0253 e. The summed E-state index contributed by atoms with van der Waals surface area (Å²) < 4.78 is 0. The Bertz CT molecular complexity index is 241. The molecule has 0 spiro atoms. The van der Waals surface area contributed by atoms with Gasteiger partial charge < -0.3 is 5.41 Å². The van der Waals surface area contributed by atoms with Gasteiger partial charge in [-0.15, -0.1) is 0 Å². The van der Waals surface area contributed by atoms with E-state index in [2.05, 4.69) is 13.0 Å². The van der Waals surface area contributed by atoms with Crippen LogP contribution >= 0.6 is 0 Å². The van der Waals surface area contributed by atoms with Crippen LogP contribution in [0.2, 0.25) is 0 Å². The predicted molar refractivity (Wildman–Crippen MR) is 71.0 cm³/mol. The SMILES string of the molecule is CC.CC.CCCc1ccccc1C=N. The van der Waals surface area contributed by atoms with Crippen LogP contribution in [0, 0.1) is 5.41 Å². The molecule has 1 heteroatoms. The third kappa shape index (κ3) is 6.89. The van der Waals surface area contributed by atoms with E-state index >= 15 is 0 Å². The molecule has 1 aromatic carbocycles. The van der Waals surface area contributed by atoms with Crippen LogP contribution in [0.15, 0.2) is 24.3 Å². The highest BCUT2D eigenvalue weighted by Gasteiger charge is 1.95. The van der Waals surface area contributed by atoms with Gasteiger partial charge in [-0.3, -0.25) is 0 Å². The third-order valence-corrected chi connectivity index (χ3v) is 1.73. The van der Waals surface area contributed by atoms with E-state index in [1.165, 1.54) is 11.8 Å². The largest absolute Gasteiger partial charge is 0.308 e. The van der Waals surface area contributed by atoms with Crippen LogP contribution in [0.4, 0.5) is 0 Å². The molecular weight excluding hydrogens is 182 g/mol. The van der Waals surface area contributed by atoms with E-state index in [9.17, 15) is 0 Å². The molecule has 0 saturated carbocycles. The number of hydrogen-bond acceptors (Lipinski definition) is 1. The maximum atomic E-state index is 7.14. The Hall–Kier alpha value is -1.11. The van der Waals surface area contributed by atoms with Gasteiger partial charge in [0.05, 0.1) is 0 Å². The van der Waals surface area contributed by atoms with Gasteiger partial charge in [0.15, 0.2) is 0 Å². The van der Waals surface area contributed by atoms with Crippen LogP contribution in [0.5, 0.6) is 0 Å². The molecular formula is C14H25N. The first-order valence-electron chi connectivity index (χ1n) is 5.97. The van der Waals surface area contributed by atoms with Crippen molar-refractivity contribution in [2.45, 2.75) is 47.5 Å². The Morgan fingerprint density at radius 3 is 2.07 bits per heavy atom. The van der Waals surface area contributed by atoms with Gasteiger partial charge in [0, 0.05) is 6.21 Å². The fourth-order valence-electron chi connectivity index (χ4n) is 1.17. The van der Waals surface area contributed by atoms with Crippen molar-refractivity contribution in [3.05, 3.63) is 35.4 Å². The van der Waals surface area contributed by atoms with Crippen molar-refractivity contribution in [3.8, 4) is 0 Å². The Balaban J connectivity index is 0. The molecule has 1 rings (SSSR count). The summed E-state index contributed by atoms with van der Waals surface area (Å²) in [6.07, 6.45) is 3.64. The molecule has 0 saturated heterocycles. The monoisotopic (exact) mass is 207 g/mol. The fourth-order valence-corrected chi connectivity index (χ4v) is 1.17. The standard InChI is InChI=1S/C10H13N.2C2H6/c1-2-5-9-6-3-4-7-10(9)8-11;2*1-2/h3-4,6-8,11H,2,5H2,1H3;2*1-2H3. The highest BCUT2D eigenvalue weighted by atomic mass is 14.3. The van der Waals surface area contributed by atoms with Crippen molar-refractivity contribution in [1.29, 1.82) is 5.41 Å². The lowest BCUT2D eigenvalue weighted by Crippen LogP contribution is -1.90. The number of rotatable bonds is 3. The van der Waals surface area contributed by atoms with E-state index in [0.717, 1.165) is 18.4 Å². The molecule has 0 aliphatic carbocycles. The van der Waals surface area contributed by atoms with Gasteiger partial charge in [-0.2, -0.15) is 0 Å². The number of nitrogens with one attached hydrogen (secondary N) is 1. The van der Waals surface area contributed by atoms with Gasteiger partial charge in [0.25, 0.3) is 0 Å². The molecule has 1 N–H and O–H groups in total. The summed E-state index contributed by atoms with van der Waals surface area (Å²) in [5, 5.41) is 7.14. The summed E-state index contributed by atoms with van der Waals surface area (Å²) in [5.74, 6) is 0. The normalized spacial score (nSPS) is 7.80. The minimum Gasteiger partial charge on any atom is -0.308 e. The van der Waals surface area contributed by atoms with Crippen LogP contribution in [0.1, 0.15) is 52.2 Å². The lowest BCUT2D eigenvalue weighted by molar-refractivity contribution is 0.920. The van der Waals surface area contributed by atoms with Gasteiger partial charge >= 0.3 is 0 Å². The molecule has 0 atom stereocenters. The van der Waals surface area contributed by atoms with Crippen molar-refractivity contribution in [1.82, 2.24) is 0 Å². The van der Waals surface area contributed by atoms with Crippen LogP contribution in [0.25, 0.3) is 0 Å². The van der Waals surface area contributed by atoms with Gasteiger partial charge in [-0.25, -0.2) is 0 Å². The highest BCUT2D eigenvalue weighted by Crippen LogP contribution is 2.07. The van der Waals surface area contributed by atoms with Crippen molar-refractivity contribution in [2.75, 3.05) is 0 Å². The highest BCUT2D eigenvalue weighted by molar-refractivity contribution is 5.79. The molecule has 1 aromatic rings. The van der Waals surface area contributed by atoms with E-state index in [0.29, 0.717) is 0 Å². The number of hydrogen-bond donors (Lipinski definition) is 1. The maximum Gasteiger partial charge on any atom is 0.0253 e. The second-order valence-corrected chi connectivity index (χ2v) is 2.59. The molecule has 1 nitrogen and oxygen atoms in total. The van der Waals surface area contributed by atoms with Crippen LogP contribution in [0.3, 0.4) is 0 Å². The van der Waals surface area contributed by atoms with Gasteiger partial charge in [-0.05, 0) is 17.5 Å². The second-order valence-electron chi connectivity index (χ2n) is 2.59. The predicted octanol–water partition coefficient (Wildman–Crippen LogP) is 4.69. The van der Waals surface area contributed by atoms with Crippen molar-refractivity contribution >= 4 is 6.21 Å². The summed E-state index contributed by atoms with van der Waals surface area (Å²) in [7, 11) is 0. The average molecular weight is 207 g/mol. The molecule has 0 bridgehead atoms. The lowest BCUT2D eigenvalue weighted by Gasteiger charge is -2.01. The number of benzene rings is 1. The molecule has 0 aliphatic rings. The zero-order valence-corrected chi connectivity index (χ0v) is 10.8.